The van der Waals surface area contributed by atoms with Gasteiger partial charge in [0.2, 0.25) is 5.88 Å². The fraction of sp³-hybridized carbons (Fsp3) is 0.167. The van der Waals surface area contributed by atoms with Crippen LogP contribution < -0.4 is 4.74 Å². The zero-order chi connectivity index (χ0) is 14.8. The van der Waals surface area contributed by atoms with Crippen LogP contribution in [0.2, 0.25) is 0 Å². The van der Waals surface area contributed by atoms with E-state index in [0.29, 0.717) is 5.88 Å². The zero-order valence-electron chi connectivity index (χ0n) is 12.1. The Hall–Kier alpha value is -2.39. The minimum atomic E-state index is -0.0355. The number of pyridine rings is 1. The summed E-state index contributed by atoms with van der Waals surface area (Å²) >= 11 is 0. The Kier molecular flexibility index (Phi) is 3.59. The van der Waals surface area contributed by atoms with Gasteiger partial charge >= 0.3 is 0 Å². The molecule has 1 heterocycles. The van der Waals surface area contributed by atoms with E-state index in [0.717, 1.165) is 33.3 Å². The number of para-hydroxylation sites is 1. The Morgan fingerprint density at radius 2 is 1.86 bits per heavy atom. The van der Waals surface area contributed by atoms with Gasteiger partial charge in [0.1, 0.15) is 5.75 Å². The van der Waals surface area contributed by atoms with E-state index in [9.17, 15) is 5.11 Å². The van der Waals surface area contributed by atoms with Gasteiger partial charge in [0.15, 0.2) is 0 Å². The van der Waals surface area contributed by atoms with Crippen molar-refractivity contribution in [3.05, 3.63) is 65.2 Å². The average molecular weight is 279 g/mol. The molecule has 21 heavy (non-hydrogen) atoms. The highest BCUT2D eigenvalue weighted by Gasteiger charge is 2.08. The number of hydrogen-bond acceptors (Lipinski definition) is 3. The number of ether oxygens (including phenoxy) is 1. The van der Waals surface area contributed by atoms with Gasteiger partial charge in [-0.25, -0.2) is 4.98 Å². The van der Waals surface area contributed by atoms with Gasteiger partial charge in [-0.15, -0.1) is 0 Å². The van der Waals surface area contributed by atoms with Gasteiger partial charge in [-0.3, -0.25) is 0 Å². The number of hydrogen-bond donors (Lipinski definition) is 1. The molecule has 0 unspecified atom stereocenters. The molecule has 0 aliphatic rings. The molecule has 0 aliphatic carbocycles. The Bertz CT molecular complexity index is 796. The Morgan fingerprint density at radius 1 is 1.05 bits per heavy atom. The maximum Gasteiger partial charge on any atom is 0.220 e. The van der Waals surface area contributed by atoms with Crippen LogP contribution in [-0.4, -0.2) is 10.1 Å². The molecule has 1 N–H and O–H groups in total. The summed E-state index contributed by atoms with van der Waals surface area (Å²) in [6.45, 7) is 3.99. The maximum absolute atomic E-state index is 9.54. The van der Waals surface area contributed by atoms with Crippen LogP contribution in [0.3, 0.4) is 0 Å². The molecule has 3 rings (SSSR count). The molecule has 0 saturated carbocycles. The van der Waals surface area contributed by atoms with Crippen molar-refractivity contribution in [3.8, 4) is 11.6 Å². The van der Waals surface area contributed by atoms with E-state index in [2.05, 4.69) is 11.1 Å². The van der Waals surface area contributed by atoms with E-state index in [1.54, 1.807) is 6.07 Å². The largest absolute Gasteiger partial charge is 0.439 e. The molecule has 2 aromatic carbocycles. The van der Waals surface area contributed by atoms with Crippen molar-refractivity contribution in [3.63, 3.8) is 0 Å². The van der Waals surface area contributed by atoms with E-state index in [-0.39, 0.29) is 6.61 Å². The van der Waals surface area contributed by atoms with Gasteiger partial charge < -0.3 is 9.84 Å². The van der Waals surface area contributed by atoms with Crippen LogP contribution in [0.4, 0.5) is 0 Å². The van der Waals surface area contributed by atoms with Gasteiger partial charge in [-0.1, -0.05) is 30.3 Å². The first-order chi connectivity index (χ1) is 10.2. The smallest absolute Gasteiger partial charge is 0.220 e. The van der Waals surface area contributed by atoms with Crippen molar-refractivity contribution in [2.24, 2.45) is 0 Å². The average Bonchev–Trinajstić information content (AvgIpc) is 2.50. The Morgan fingerprint density at radius 3 is 2.67 bits per heavy atom. The molecule has 0 saturated heterocycles. The lowest BCUT2D eigenvalue weighted by Gasteiger charge is -2.11. The second kappa shape index (κ2) is 5.54. The number of benzene rings is 2. The summed E-state index contributed by atoms with van der Waals surface area (Å²) in [5.41, 5.74) is 3.84. The molecule has 0 bridgehead atoms. The van der Waals surface area contributed by atoms with Crippen LogP contribution in [0.15, 0.2) is 48.5 Å². The minimum absolute atomic E-state index is 0.0355. The number of aliphatic hydroxyl groups excluding tert-OH is 1. The van der Waals surface area contributed by atoms with Gasteiger partial charge in [0.25, 0.3) is 0 Å². The van der Waals surface area contributed by atoms with Crippen molar-refractivity contribution in [2.45, 2.75) is 20.5 Å². The summed E-state index contributed by atoms with van der Waals surface area (Å²) in [4.78, 5) is 4.52. The summed E-state index contributed by atoms with van der Waals surface area (Å²) in [6, 6.07) is 15.6. The fourth-order valence-electron chi connectivity index (χ4n) is 2.33. The Balaban J connectivity index is 2.06. The lowest BCUT2D eigenvalue weighted by atomic mass is 10.1. The number of aliphatic hydroxyl groups is 1. The predicted molar refractivity (Wildman–Crippen MR) is 83.7 cm³/mol. The van der Waals surface area contributed by atoms with Crippen LogP contribution in [0, 0.1) is 13.8 Å². The van der Waals surface area contributed by atoms with Gasteiger partial charge in [-0.2, -0.15) is 0 Å². The maximum atomic E-state index is 9.54. The van der Waals surface area contributed by atoms with Crippen molar-refractivity contribution >= 4 is 10.9 Å². The SMILES string of the molecule is Cc1ccc(C)c(Oc2cc(CO)c3ccccc3n2)c1. The predicted octanol–water partition coefficient (Wildman–Crippen LogP) is 4.14. The van der Waals surface area contributed by atoms with E-state index in [4.69, 9.17) is 4.74 Å². The fourth-order valence-corrected chi connectivity index (χ4v) is 2.33. The number of nitrogens with zero attached hydrogens (tertiary/aromatic N) is 1. The quantitative estimate of drug-likeness (QED) is 0.783. The lowest BCUT2D eigenvalue weighted by molar-refractivity contribution is 0.282. The third kappa shape index (κ3) is 2.73. The molecule has 3 aromatic rings. The van der Waals surface area contributed by atoms with Crippen molar-refractivity contribution in [2.75, 3.05) is 0 Å². The molecule has 0 radical (unpaired) electrons. The molecule has 0 spiro atoms. The van der Waals surface area contributed by atoms with E-state index in [1.165, 1.54) is 0 Å². The first-order valence-corrected chi connectivity index (χ1v) is 6.92. The molecular weight excluding hydrogens is 262 g/mol. The Labute approximate surface area is 123 Å². The topological polar surface area (TPSA) is 42.4 Å². The molecule has 3 heteroatoms. The highest BCUT2D eigenvalue weighted by Crippen LogP contribution is 2.28. The summed E-state index contributed by atoms with van der Waals surface area (Å²) in [5.74, 6) is 1.30. The molecule has 0 atom stereocenters. The van der Waals surface area contributed by atoms with Crippen LogP contribution in [-0.2, 0) is 6.61 Å². The molecular formula is C18H17NO2. The standard InChI is InChI=1S/C18H17NO2/c1-12-7-8-13(2)17(9-12)21-18-10-14(11-20)15-5-3-4-6-16(15)19-18/h3-10,20H,11H2,1-2H3. The molecule has 0 amide bonds. The van der Waals surface area contributed by atoms with Crippen molar-refractivity contribution in [1.29, 1.82) is 0 Å². The first kappa shape index (κ1) is 13.6. The second-order valence-electron chi connectivity index (χ2n) is 5.17. The van der Waals surface area contributed by atoms with Crippen LogP contribution in [0.25, 0.3) is 10.9 Å². The summed E-state index contributed by atoms with van der Waals surface area (Å²) in [5, 5.41) is 10.5. The van der Waals surface area contributed by atoms with Gasteiger partial charge in [0.05, 0.1) is 12.1 Å². The number of rotatable bonds is 3. The lowest BCUT2D eigenvalue weighted by Crippen LogP contribution is -1.95. The summed E-state index contributed by atoms with van der Waals surface area (Å²) < 4.78 is 5.92. The highest BCUT2D eigenvalue weighted by molar-refractivity contribution is 5.82. The first-order valence-electron chi connectivity index (χ1n) is 6.92. The third-order valence-corrected chi connectivity index (χ3v) is 3.51. The second-order valence-corrected chi connectivity index (χ2v) is 5.17. The zero-order valence-corrected chi connectivity index (χ0v) is 12.1. The molecule has 106 valence electrons. The summed E-state index contributed by atoms with van der Waals surface area (Å²) in [6.07, 6.45) is 0. The monoisotopic (exact) mass is 279 g/mol. The number of fused-ring (bicyclic) bond motifs is 1. The third-order valence-electron chi connectivity index (χ3n) is 3.51. The minimum Gasteiger partial charge on any atom is -0.439 e. The molecule has 1 aromatic heterocycles. The van der Waals surface area contributed by atoms with Crippen LogP contribution >= 0.6 is 0 Å². The highest BCUT2D eigenvalue weighted by atomic mass is 16.5. The van der Waals surface area contributed by atoms with Gasteiger partial charge in [-0.05, 0) is 42.7 Å². The van der Waals surface area contributed by atoms with E-state index in [1.807, 2.05) is 50.2 Å². The number of aromatic nitrogens is 1. The normalized spacial score (nSPS) is 10.8. The van der Waals surface area contributed by atoms with Gasteiger partial charge in [0, 0.05) is 11.5 Å². The van der Waals surface area contributed by atoms with Crippen molar-refractivity contribution < 1.29 is 9.84 Å². The van der Waals surface area contributed by atoms with Crippen LogP contribution in [0.1, 0.15) is 16.7 Å². The summed E-state index contributed by atoms with van der Waals surface area (Å²) in [7, 11) is 0. The number of aryl methyl sites for hydroxylation is 2. The van der Waals surface area contributed by atoms with Crippen LogP contribution in [0.5, 0.6) is 11.6 Å². The molecule has 0 aliphatic heterocycles. The van der Waals surface area contributed by atoms with E-state index < -0.39 is 0 Å². The van der Waals surface area contributed by atoms with Crippen molar-refractivity contribution in [1.82, 2.24) is 4.98 Å². The molecule has 3 nitrogen and oxygen atoms in total. The van der Waals surface area contributed by atoms with E-state index >= 15 is 0 Å². The molecule has 0 fully saturated rings.